The summed E-state index contributed by atoms with van der Waals surface area (Å²) in [6, 6.07) is 12.3. The lowest BCUT2D eigenvalue weighted by atomic mass is 10.0. The number of halogens is 1. The van der Waals surface area contributed by atoms with Crippen molar-refractivity contribution in [2.45, 2.75) is 44.6 Å². The van der Waals surface area contributed by atoms with Crippen LogP contribution in [0.25, 0.3) is 17.2 Å². The third-order valence-electron chi connectivity index (χ3n) is 7.13. The Kier molecular flexibility index (Phi) is 9.26. The van der Waals surface area contributed by atoms with Crippen molar-refractivity contribution in [3.63, 3.8) is 0 Å². The number of allylic oxidation sites excluding steroid dienone is 2. The number of benzene rings is 2. The van der Waals surface area contributed by atoms with Crippen molar-refractivity contribution in [2.24, 2.45) is 0 Å². The highest BCUT2D eigenvalue weighted by atomic mass is 32.2. The number of nitrogens with zero attached hydrogens (tertiary/aromatic N) is 2. The zero-order valence-corrected chi connectivity index (χ0v) is 24.7. The maximum Gasteiger partial charge on any atom is 0.407 e. The van der Waals surface area contributed by atoms with E-state index in [2.05, 4.69) is 10.2 Å². The first-order chi connectivity index (χ1) is 18.9. The first kappa shape index (κ1) is 29.7. The number of alkyl carbamates (subject to hydrolysis) is 1. The monoisotopic (exact) mass is 567 g/mol. The Morgan fingerprint density at radius 3 is 2.35 bits per heavy atom. The highest BCUT2D eigenvalue weighted by Gasteiger charge is 2.28. The van der Waals surface area contributed by atoms with Gasteiger partial charge in [0.25, 0.3) is 0 Å². The van der Waals surface area contributed by atoms with E-state index in [1.807, 2.05) is 62.9 Å². The number of carbonyl (C=O) groups excluding carboxylic acids is 2. The number of hydrogen-bond donors (Lipinski definition) is 1. The predicted molar refractivity (Wildman–Crippen MR) is 158 cm³/mol. The molecule has 1 fully saturated rings. The molecule has 4 rings (SSSR count). The van der Waals surface area contributed by atoms with Crippen molar-refractivity contribution >= 4 is 40.0 Å². The topological polar surface area (TPSA) is 79.0 Å². The van der Waals surface area contributed by atoms with Crippen molar-refractivity contribution in [1.29, 1.82) is 0 Å². The molecule has 0 aromatic heterocycles. The van der Waals surface area contributed by atoms with E-state index in [-0.39, 0.29) is 18.1 Å². The summed E-state index contributed by atoms with van der Waals surface area (Å²) in [5, 5.41) is 2.78. The number of rotatable bonds is 7. The average molecular weight is 568 g/mol. The summed E-state index contributed by atoms with van der Waals surface area (Å²) in [6.45, 7) is 11.3. The van der Waals surface area contributed by atoms with Crippen LogP contribution in [0.3, 0.4) is 0 Å². The lowest BCUT2D eigenvalue weighted by Gasteiger charge is -2.35. The Morgan fingerprint density at radius 1 is 1.05 bits per heavy atom. The number of carbonyl (C=O) groups is 2. The van der Waals surface area contributed by atoms with Crippen LogP contribution in [0.2, 0.25) is 0 Å². The molecule has 2 aromatic carbocycles. The molecule has 0 bridgehead atoms. The van der Waals surface area contributed by atoms with Crippen molar-refractivity contribution in [3.05, 3.63) is 70.5 Å². The molecular formula is C31H38FN3O4S. The molecule has 9 heteroatoms. The quantitative estimate of drug-likeness (QED) is 0.512. The van der Waals surface area contributed by atoms with Crippen LogP contribution in [0.5, 0.6) is 0 Å². The van der Waals surface area contributed by atoms with E-state index in [4.69, 9.17) is 4.74 Å². The lowest BCUT2D eigenvalue weighted by Crippen LogP contribution is -2.50. The third kappa shape index (κ3) is 7.46. The van der Waals surface area contributed by atoms with E-state index in [1.165, 1.54) is 12.1 Å². The van der Waals surface area contributed by atoms with Gasteiger partial charge in [-0.1, -0.05) is 18.2 Å². The molecule has 2 amide bonds. The van der Waals surface area contributed by atoms with E-state index in [0.29, 0.717) is 39.3 Å². The minimum absolute atomic E-state index is 0.0205. The SMILES string of the molecule is CC1=C(CC(=O)N2CCN(CCNC(=O)OC(C)(C)C)CC2)c2cc(F)ccc2/C1=C\c1ccc(S(C)=O)cc1. The normalized spacial score (nSPS) is 17.6. The van der Waals surface area contributed by atoms with Gasteiger partial charge in [0.1, 0.15) is 11.4 Å². The Morgan fingerprint density at radius 2 is 1.73 bits per heavy atom. The fourth-order valence-electron chi connectivity index (χ4n) is 5.02. The number of amides is 2. The Labute approximate surface area is 238 Å². The van der Waals surface area contributed by atoms with Gasteiger partial charge in [0.05, 0.1) is 6.42 Å². The maximum atomic E-state index is 14.3. The second kappa shape index (κ2) is 12.5. The van der Waals surface area contributed by atoms with Crippen LogP contribution >= 0.6 is 0 Å². The molecule has 214 valence electrons. The second-order valence-electron chi connectivity index (χ2n) is 11.2. The molecule has 1 saturated heterocycles. The van der Waals surface area contributed by atoms with Gasteiger partial charge in [-0.15, -0.1) is 0 Å². The molecule has 0 saturated carbocycles. The van der Waals surface area contributed by atoms with Gasteiger partial charge in [-0.05, 0) is 91.4 Å². The van der Waals surface area contributed by atoms with Gasteiger partial charge in [-0.3, -0.25) is 13.9 Å². The van der Waals surface area contributed by atoms with E-state index in [0.717, 1.165) is 38.3 Å². The molecule has 1 aliphatic carbocycles. The van der Waals surface area contributed by atoms with Crippen LogP contribution in [-0.2, 0) is 20.3 Å². The van der Waals surface area contributed by atoms with Crippen molar-refractivity contribution < 1.29 is 22.9 Å². The minimum Gasteiger partial charge on any atom is -0.444 e. The summed E-state index contributed by atoms with van der Waals surface area (Å²) >= 11 is 0. The van der Waals surface area contributed by atoms with Gasteiger partial charge in [0, 0.05) is 61.2 Å². The van der Waals surface area contributed by atoms with E-state index in [9.17, 15) is 18.2 Å². The summed E-state index contributed by atoms with van der Waals surface area (Å²) in [7, 11) is -1.05. The fraction of sp³-hybridized carbons (Fsp3) is 0.419. The summed E-state index contributed by atoms with van der Waals surface area (Å²) in [5.41, 5.74) is 4.86. The standard InChI is InChI=1S/C31H38FN3O4S/c1-21-26(18-22-6-9-24(10-7-22)40(5)38)25-11-8-23(32)19-28(25)27(21)20-29(36)35-16-14-34(15-17-35)13-12-33-30(37)39-31(2,3)4/h6-11,18-19H,12-17,20H2,1-5H3,(H,33,37)/b26-18-. The molecule has 0 spiro atoms. The average Bonchev–Trinajstić information content (AvgIpc) is 3.13. The summed E-state index contributed by atoms with van der Waals surface area (Å²) in [6.07, 6.45) is 3.46. The van der Waals surface area contributed by atoms with Gasteiger partial charge in [-0.25, -0.2) is 9.18 Å². The van der Waals surface area contributed by atoms with Crippen LogP contribution in [-0.4, -0.2) is 77.1 Å². The molecule has 1 aliphatic heterocycles. The zero-order chi connectivity index (χ0) is 29.0. The molecule has 40 heavy (non-hydrogen) atoms. The van der Waals surface area contributed by atoms with Gasteiger partial charge in [-0.2, -0.15) is 0 Å². The molecule has 0 radical (unpaired) electrons. The molecule has 2 aliphatic rings. The molecule has 1 atom stereocenters. The van der Waals surface area contributed by atoms with Crippen molar-refractivity contribution in [1.82, 2.24) is 15.1 Å². The zero-order valence-electron chi connectivity index (χ0n) is 23.9. The Balaban J connectivity index is 1.40. The highest BCUT2D eigenvalue weighted by molar-refractivity contribution is 7.84. The van der Waals surface area contributed by atoms with Crippen LogP contribution in [0.1, 0.15) is 50.8 Å². The van der Waals surface area contributed by atoms with Crippen LogP contribution in [0.15, 0.2) is 52.9 Å². The summed E-state index contributed by atoms with van der Waals surface area (Å²) in [4.78, 5) is 30.1. The number of hydrogen-bond acceptors (Lipinski definition) is 5. The Bertz CT molecular complexity index is 1350. The van der Waals surface area contributed by atoms with Gasteiger partial charge in [0.2, 0.25) is 5.91 Å². The van der Waals surface area contributed by atoms with E-state index < -0.39 is 22.5 Å². The number of fused-ring (bicyclic) bond motifs is 1. The Hall–Kier alpha value is -3.30. The number of piperazine rings is 1. The largest absolute Gasteiger partial charge is 0.444 e. The molecular weight excluding hydrogens is 529 g/mol. The first-order valence-corrected chi connectivity index (χ1v) is 15.1. The summed E-state index contributed by atoms with van der Waals surface area (Å²) in [5.74, 6) is -0.312. The smallest absolute Gasteiger partial charge is 0.407 e. The number of ether oxygens (including phenoxy) is 1. The maximum absolute atomic E-state index is 14.3. The molecule has 1 heterocycles. The lowest BCUT2D eigenvalue weighted by molar-refractivity contribution is -0.131. The molecule has 2 aromatic rings. The fourth-order valence-corrected chi connectivity index (χ4v) is 5.54. The predicted octanol–water partition coefficient (Wildman–Crippen LogP) is 4.95. The minimum atomic E-state index is -1.05. The van der Waals surface area contributed by atoms with Crippen LogP contribution < -0.4 is 5.32 Å². The van der Waals surface area contributed by atoms with Crippen molar-refractivity contribution in [2.75, 3.05) is 45.5 Å². The second-order valence-corrected chi connectivity index (χ2v) is 12.6. The number of nitrogens with one attached hydrogen (secondary N) is 1. The van der Waals surface area contributed by atoms with E-state index >= 15 is 0 Å². The van der Waals surface area contributed by atoms with Crippen LogP contribution in [0, 0.1) is 5.82 Å². The van der Waals surface area contributed by atoms with Gasteiger partial charge in [0.15, 0.2) is 0 Å². The van der Waals surface area contributed by atoms with Gasteiger partial charge < -0.3 is 15.0 Å². The highest BCUT2D eigenvalue weighted by Crippen LogP contribution is 2.44. The molecule has 7 nitrogen and oxygen atoms in total. The van der Waals surface area contributed by atoms with Gasteiger partial charge >= 0.3 is 6.09 Å². The first-order valence-electron chi connectivity index (χ1n) is 13.5. The van der Waals surface area contributed by atoms with E-state index in [1.54, 1.807) is 12.3 Å². The van der Waals surface area contributed by atoms with Crippen LogP contribution in [0.4, 0.5) is 9.18 Å². The molecule has 1 unspecified atom stereocenters. The molecule has 1 N–H and O–H groups in total. The third-order valence-corrected chi connectivity index (χ3v) is 8.06. The summed E-state index contributed by atoms with van der Waals surface area (Å²) < 4.78 is 31.3. The van der Waals surface area contributed by atoms with Crippen molar-refractivity contribution in [3.8, 4) is 0 Å².